The minimum absolute atomic E-state index is 0.00650. The number of rotatable bonds is 8. The summed E-state index contributed by atoms with van der Waals surface area (Å²) < 4.78 is 8.52. The maximum atomic E-state index is 13.4. The summed E-state index contributed by atoms with van der Waals surface area (Å²) in [6.45, 7) is 7.52. The van der Waals surface area contributed by atoms with Crippen LogP contribution in [-0.4, -0.2) is 40.5 Å². The molecule has 7 heteroatoms. The third kappa shape index (κ3) is 5.12. The number of likely N-dealkylation sites (tertiary alicyclic amines) is 1. The maximum Gasteiger partial charge on any atom is 0.232 e. The number of nitrogens with two attached hydrogens (primary N) is 1. The number of aromatic nitrogens is 2. The minimum atomic E-state index is -0.558. The molecule has 0 saturated carbocycles. The van der Waals surface area contributed by atoms with Crippen molar-refractivity contribution in [2.45, 2.75) is 64.3 Å². The van der Waals surface area contributed by atoms with Gasteiger partial charge in [0.15, 0.2) is 0 Å². The lowest BCUT2D eigenvalue weighted by Crippen LogP contribution is -2.43. The molecule has 1 amide bonds. The average molecular weight is 500 g/mol. The Labute approximate surface area is 219 Å². The molecular weight excluding hydrogens is 462 g/mol. The Morgan fingerprint density at radius 3 is 2.78 bits per heavy atom. The molecular formula is C30H37N5O2. The Kier molecular flexibility index (Phi) is 7.99. The van der Waals surface area contributed by atoms with E-state index in [4.69, 9.17) is 10.5 Å². The van der Waals surface area contributed by atoms with Crippen LogP contribution < -0.4 is 10.5 Å². The topological polar surface area (TPSA) is 97.2 Å². The van der Waals surface area contributed by atoms with E-state index in [1.165, 1.54) is 0 Å². The molecule has 1 aliphatic heterocycles. The molecule has 37 heavy (non-hydrogen) atoms. The number of imidazole rings is 1. The van der Waals surface area contributed by atoms with Gasteiger partial charge >= 0.3 is 0 Å². The van der Waals surface area contributed by atoms with Crippen LogP contribution >= 0.6 is 0 Å². The highest BCUT2D eigenvalue weighted by atomic mass is 16.5. The van der Waals surface area contributed by atoms with Crippen molar-refractivity contribution in [1.82, 2.24) is 14.5 Å². The first-order chi connectivity index (χ1) is 17.8. The lowest BCUT2D eigenvalue weighted by molar-refractivity contribution is -0.135. The molecule has 2 heterocycles. The maximum absolute atomic E-state index is 13.4. The van der Waals surface area contributed by atoms with Crippen LogP contribution in [0.5, 0.6) is 11.5 Å². The molecule has 2 atom stereocenters. The summed E-state index contributed by atoms with van der Waals surface area (Å²) in [5.41, 5.74) is 8.77. The summed E-state index contributed by atoms with van der Waals surface area (Å²) in [5.74, 6) is 2.20. The zero-order chi connectivity index (χ0) is 26.6. The number of nitriles is 1. The van der Waals surface area contributed by atoms with E-state index < -0.39 is 5.41 Å². The van der Waals surface area contributed by atoms with Crippen molar-refractivity contribution in [2.75, 3.05) is 20.1 Å². The van der Waals surface area contributed by atoms with Crippen LogP contribution in [0.3, 0.4) is 0 Å². The molecule has 1 aromatic heterocycles. The molecule has 1 saturated heterocycles. The standard InChI is InChI=1S/C30H37N5O2/c1-5-30(14-6-7-16-34(4)29(30)36)25-9-8-10-27(18-25)37-28-17-23(11-12-24(28)19-32)21(2)35-22(3)33-20-26(35)13-15-31/h8-12,17-18,20-21H,5-7,13-16,31H2,1-4H3. The van der Waals surface area contributed by atoms with Gasteiger partial charge in [-0.3, -0.25) is 4.79 Å². The minimum Gasteiger partial charge on any atom is -0.456 e. The fourth-order valence-corrected chi connectivity index (χ4v) is 5.62. The highest BCUT2D eigenvalue weighted by Gasteiger charge is 2.41. The molecule has 2 N–H and O–H groups in total. The predicted molar refractivity (Wildman–Crippen MR) is 145 cm³/mol. The quantitative estimate of drug-likeness (QED) is 0.456. The van der Waals surface area contributed by atoms with E-state index in [1.54, 1.807) is 6.07 Å². The Balaban J connectivity index is 1.69. The summed E-state index contributed by atoms with van der Waals surface area (Å²) in [6.07, 6.45) is 6.19. The molecule has 7 nitrogen and oxygen atoms in total. The van der Waals surface area contributed by atoms with E-state index in [2.05, 4.69) is 29.5 Å². The van der Waals surface area contributed by atoms with Gasteiger partial charge in [-0.2, -0.15) is 5.26 Å². The normalized spacial score (nSPS) is 18.8. The van der Waals surface area contributed by atoms with Crippen LogP contribution in [0.15, 0.2) is 48.7 Å². The number of ether oxygens (including phenoxy) is 1. The smallest absolute Gasteiger partial charge is 0.232 e. The highest BCUT2D eigenvalue weighted by Crippen LogP contribution is 2.39. The zero-order valence-electron chi connectivity index (χ0n) is 22.3. The van der Waals surface area contributed by atoms with Gasteiger partial charge in [0.1, 0.15) is 23.4 Å². The number of amides is 1. The van der Waals surface area contributed by atoms with Crippen LogP contribution in [0.25, 0.3) is 0 Å². The van der Waals surface area contributed by atoms with E-state index in [9.17, 15) is 10.1 Å². The number of nitrogens with zero attached hydrogens (tertiary/aromatic N) is 4. The van der Waals surface area contributed by atoms with Gasteiger partial charge in [-0.05, 0) is 75.0 Å². The largest absolute Gasteiger partial charge is 0.456 e. The molecule has 3 aromatic rings. The molecule has 2 aromatic carbocycles. The molecule has 2 unspecified atom stereocenters. The highest BCUT2D eigenvalue weighted by molar-refractivity contribution is 5.88. The van der Waals surface area contributed by atoms with Crippen molar-refractivity contribution < 1.29 is 9.53 Å². The van der Waals surface area contributed by atoms with Crippen molar-refractivity contribution in [3.05, 3.63) is 76.9 Å². The van der Waals surface area contributed by atoms with Crippen molar-refractivity contribution in [1.29, 1.82) is 5.26 Å². The molecule has 1 fully saturated rings. The van der Waals surface area contributed by atoms with Gasteiger partial charge in [0.2, 0.25) is 5.91 Å². The Morgan fingerprint density at radius 2 is 2.05 bits per heavy atom. The van der Waals surface area contributed by atoms with Crippen molar-refractivity contribution in [2.24, 2.45) is 5.73 Å². The first-order valence-electron chi connectivity index (χ1n) is 13.2. The van der Waals surface area contributed by atoms with Crippen molar-refractivity contribution >= 4 is 5.91 Å². The van der Waals surface area contributed by atoms with Crippen LogP contribution in [0.1, 0.15) is 73.8 Å². The number of carbonyl (C=O) groups excluding carboxylic acids is 1. The zero-order valence-corrected chi connectivity index (χ0v) is 22.3. The summed E-state index contributed by atoms with van der Waals surface area (Å²) in [4.78, 5) is 19.8. The average Bonchev–Trinajstić information content (AvgIpc) is 3.20. The second-order valence-electron chi connectivity index (χ2n) is 10.00. The molecule has 194 valence electrons. The summed E-state index contributed by atoms with van der Waals surface area (Å²) in [5, 5.41) is 9.79. The number of aryl methyl sites for hydroxylation is 1. The van der Waals surface area contributed by atoms with E-state index in [0.29, 0.717) is 23.6 Å². The molecule has 0 aliphatic carbocycles. The molecule has 0 radical (unpaired) electrons. The Hall–Kier alpha value is -3.63. The lowest BCUT2D eigenvalue weighted by Gasteiger charge is -2.33. The molecule has 0 spiro atoms. The fraction of sp³-hybridized carbons (Fsp3) is 0.433. The molecule has 1 aliphatic rings. The number of likely N-dealkylation sites (N-methyl/N-ethyl adjacent to an activating group) is 1. The van der Waals surface area contributed by atoms with Gasteiger partial charge in [0.05, 0.1) is 17.0 Å². The molecule has 4 rings (SSSR count). The number of carbonyl (C=O) groups is 1. The SMILES string of the molecule is CCC1(c2cccc(Oc3cc(C(C)n4c(CCN)cnc4C)ccc3C#N)c2)CCCCN(C)C1=O. The second kappa shape index (κ2) is 11.2. The van der Waals surface area contributed by atoms with Crippen molar-refractivity contribution in [3.63, 3.8) is 0 Å². The van der Waals surface area contributed by atoms with Gasteiger partial charge in [0, 0.05) is 31.9 Å². The summed E-state index contributed by atoms with van der Waals surface area (Å²) in [6, 6.07) is 15.8. The van der Waals surface area contributed by atoms with E-state index in [-0.39, 0.29) is 11.9 Å². The van der Waals surface area contributed by atoms with Crippen LogP contribution in [-0.2, 0) is 16.6 Å². The fourth-order valence-electron chi connectivity index (χ4n) is 5.62. The van der Waals surface area contributed by atoms with E-state index in [1.807, 2.05) is 61.5 Å². The summed E-state index contributed by atoms with van der Waals surface area (Å²) in [7, 11) is 1.89. The summed E-state index contributed by atoms with van der Waals surface area (Å²) >= 11 is 0. The molecule has 0 bridgehead atoms. The van der Waals surface area contributed by atoms with Gasteiger partial charge in [-0.15, -0.1) is 0 Å². The number of hydrogen-bond acceptors (Lipinski definition) is 5. The van der Waals surface area contributed by atoms with Crippen LogP contribution in [0.2, 0.25) is 0 Å². The van der Waals surface area contributed by atoms with Gasteiger partial charge < -0.3 is 19.9 Å². The monoisotopic (exact) mass is 499 g/mol. The Morgan fingerprint density at radius 1 is 1.24 bits per heavy atom. The number of hydrogen-bond donors (Lipinski definition) is 1. The van der Waals surface area contributed by atoms with Crippen LogP contribution in [0.4, 0.5) is 0 Å². The first kappa shape index (κ1) is 26.4. The van der Waals surface area contributed by atoms with Gasteiger partial charge in [-0.25, -0.2) is 4.98 Å². The third-order valence-corrected chi connectivity index (χ3v) is 7.78. The first-order valence-corrected chi connectivity index (χ1v) is 13.2. The second-order valence-corrected chi connectivity index (χ2v) is 10.00. The van der Waals surface area contributed by atoms with E-state index in [0.717, 1.165) is 61.3 Å². The third-order valence-electron chi connectivity index (χ3n) is 7.78. The van der Waals surface area contributed by atoms with Gasteiger partial charge in [-0.1, -0.05) is 31.5 Å². The Bertz CT molecular complexity index is 1310. The lowest BCUT2D eigenvalue weighted by atomic mass is 9.73. The predicted octanol–water partition coefficient (Wildman–Crippen LogP) is 5.26. The number of benzene rings is 2. The van der Waals surface area contributed by atoms with Crippen LogP contribution in [0, 0.1) is 18.3 Å². The van der Waals surface area contributed by atoms with E-state index >= 15 is 0 Å². The van der Waals surface area contributed by atoms with Crippen molar-refractivity contribution in [3.8, 4) is 17.6 Å². The van der Waals surface area contributed by atoms with Gasteiger partial charge in [0.25, 0.3) is 0 Å².